The van der Waals surface area contributed by atoms with Crippen molar-refractivity contribution in [2.75, 3.05) is 17.6 Å². The number of carbonyl (C=O) groups excluding carboxylic acids is 3. The number of hydrogen-bond acceptors (Lipinski definition) is 9. The maximum absolute atomic E-state index is 12.3. The van der Waals surface area contributed by atoms with Crippen molar-refractivity contribution in [1.82, 2.24) is 15.3 Å². The molecule has 2 heterocycles. The van der Waals surface area contributed by atoms with Crippen LogP contribution in [0.25, 0.3) is 0 Å². The molecule has 3 rings (SSSR count). The Bertz CT molecular complexity index is 1080. The van der Waals surface area contributed by atoms with Crippen LogP contribution in [0, 0.1) is 5.92 Å². The van der Waals surface area contributed by atoms with E-state index in [1.807, 2.05) is 0 Å². The van der Waals surface area contributed by atoms with Gasteiger partial charge < -0.3 is 36.2 Å². The summed E-state index contributed by atoms with van der Waals surface area (Å²) in [4.78, 5) is 52.6. The summed E-state index contributed by atoms with van der Waals surface area (Å²) in [5, 5.41) is 27.0. The van der Waals surface area contributed by atoms with Gasteiger partial charge in [-0.25, -0.2) is 0 Å². The van der Waals surface area contributed by atoms with Gasteiger partial charge in [0.1, 0.15) is 5.82 Å². The second-order valence-corrected chi connectivity index (χ2v) is 7.72. The van der Waals surface area contributed by atoms with Gasteiger partial charge in [-0.3, -0.25) is 14.6 Å². The normalized spacial score (nSPS) is 14.9. The summed E-state index contributed by atoms with van der Waals surface area (Å²) >= 11 is 0. The molecule has 13 heteroatoms. The molecule has 0 aliphatic carbocycles. The Labute approximate surface area is 239 Å². The van der Waals surface area contributed by atoms with Crippen LogP contribution < -0.4 is 91.3 Å². The molecule has 2 atom stereocenters. The van der Waals surface area contributed by atoms with E-state index in [0.717, 1.165) is 18.4 Å². The van der Waals surface area contributed by atoms with E-state index < -0.39 is 30.3 Å². The van der Waals surface area contributed by atoms with Crippen molar-refractivity contribution in [1.29, 1.82) is 0 Å². The van der Waals surface area contributed by atoms with E-state index in [-0.39, 0.29) is 88.5 Å². The zero-order valence-electron chi connectivity index (χ0n) is 19.2. The topological polar surface area (TPSA) is 193 Å². The molecule has 0 bridgehead atoms. The van der Waals surface area contributed by atoms with Gasteiger partial charge in [-0.05, 0) is 55.7 Å². The van der Waals surface area contributed by atoms with Gasteiger partial charge in [0.2, 0.25) is 5.95 Å². The molecule has 1 aliphatic heterocycles. The van der Waals surface area contributed by atoms with Gasteiger partial charge >= 0.3 is 59.1 Å². The summed E-state index contributed by atoms with van der Waals surface area (Å²) < 4.78 is 0. The molecule has 0 radical (unpaired) electrons. The number of carboxylic acids is 2. The third-order valence-corrected chi connectivity index (χ3v) is 5.37. The summed E-state index contributed by atoms with van der Waals surface area (Å²) in [5.74, 6) is -2.78. The molecule has 11 nitrogen and oxygen atoms in total. The van der Waals surface area contributed by atoms with Crippen molar-refractivity contribution in [3.05, 3.63) is 51.3 Å². The van der Waals surface area contributed by atoms with Gasteiger partial charge in [0.15, 0.2) is 0 Å². The first-order valence-corrected chi connectivity index (χ1v) is 10.2. The van der Waals surface area contributed by atoms with Gasteiger partial charge in [0.05, 0.1) is 17.6 Å². The summed E-state index contributed by atoms with van der Waals surface area (Å²) in [5.41, 5.74) is 7.13. The van der Waals surface area contributed by atoms with Crippen LogP contribution in [0.5, 0.6) is 0 Å². The zero-order chi connectivity index (χ0) is 23.3. The van der Waals surface area contributed by atoms with E-state index in [2.05, 4.69) is 20.6 Å². The van der Waals surface area contributed by atoms with E-state index in [1.54, 1.807) is 24.3 Å². The second kappa shape index (κ2) is 13.9. The smallest absolute Gasteiger partial charge is 0.550 e. The Hall–Kier alpha value is -1.89. The quantitative estimate of drug-likeness (QED) is 0.249. The van der Waals surface area contributed by atoms with Gasteiger partial charge in [0, 0.05) is 18.1 Å². The van der Waals surface area contributed by atoms with Crippen LogP contribution in [0.15, 0.2) is 29.1 Å². The standard InChI is InChI=1S/C21H25N5O6.2Na/c22-21-25-17-14(19(30)26-21)9-12(10-23-17)2-1-11-3-5-13(6-4-11)18(29)24-15(20(31)32)7-8-16(27)28;;/h3-6,12,15H,1-2,7-10H2,(H,24,29)(H,27,28)(H,31,32)(H4,22,23,25,26,30);;/q;2*+1/p-2. The number of carbonyl (C=O) groups is 3. The number of nitrogens with zero attached hydrogens (tertiary/aromatic N) is 1. The first-order valence-electron chi connectivity index (χ1n) is 10.2. The van der Waals surface area contributed by atoms with Crippen molar-refractivity contribution in [3.63, 3.8) is 0 Å². The van der Waals surface area contributed by atoms with Gasteiger partial charge in [0.25, 0.3) is 11.5 Å². The number of nitrogen functional groups attached to an aromatic ring is 1. The monoisotopic (exact) mass is 487 g/mol. The van der Waals surface area contributed by atoms with E-state index in [9.17, 15) is 29.4 Å². The Balaban J connectivity index is 0.00000289. The van der Waals surface area contributed by atoms with Crippen LogP contribution in [0.3, 0.4) is 0 Å². The first-order chi connectivity index (χ1) is 15.2. The molecular formula is C21H23N5Na2O6. The number of aryl methyl sites for hydroxylation is 1. The van der Waals surface area contributed by atoms with Crippen molar-refractivity contribution in [2.24, 2.45) is 5.92 Å². The molecule has 2 unspecified atom stereocenters. The van der Waals surface area contributed by atoms with Crippen molar-refractivity contribution in [3.8, 4) is 0 Å². The fourth-order valence-corrected chi connectivity index (χ4v) is 3.60. The number of aromatic nitrogens is 2. The number of H-pyrrole nitrogens is 1. The average Bonchev–Trinajstić information content (AvgIpc) is 2.75. The molecule has 5 N–H and O–H groups in total. The number of rotatable bonds is 9. The summed E-state index contributed by atoms with van der Waals surface area (Å²) in [6.45, 7) is 0.667. The minimum atomic E-state index is -1.56. The number of nitrogens with two attached hydrogens (primary N) is 1. The summed E-state index contributed by atoms with van der Waals surface area (Å²) in [6.07, 6.45) is 1.28. The molecule has 2 aromatic rings. The van der Waals surface area contributed by atoms with Gasteiger partial charge in [-0.15, -0.1) is 0 Å². The summed E-state index contributed by atoms with van der Waals surface area (Å²) in [7, 11) is 0. The van der Waals surface area contributed by atoms with Gasteiger partial charge in [-0.1, -0.05) is 12.1 Å². The molecule has 0 spiro atoms. The second-order valence-electron chi connectivity index (χ2n) is 7.72. The predicted octanol–water partition coefficient (Wildman–Crippen LogP) is -8.04. The molecule has 0 saturated carbocycles. The molecule has 34 heavy (non-hydrogen) atoms. The molecule has 1 aromatic heterocycles. The van der Waals surface area contributed by atoms with E-state index in [1.165, 1.54) is 0 Å². The minimum Gasteiger partial charge on any atom is -0.550 e. The maximum Gasteiger partial charge on any atom is 1.00 e. The number of nitrogens with one attached hydrogen (secondary N) is 3. The molecule has 0 saturated heterocycles. The largest absolute Gasteiger partial charge is 1.00 e. The predicted molar refractivity (Wildman–Crippen MR) is 110 cm³/mol. The molecule has 170 valence electrons. The van der Waals surface area contributed by atoms with Crippen LogP contribution in [0.1, 0.15) is 40.7 Å². The van der Waals surface area contributed by atoms with Crippen molar-refractivity contribution >= 4 is 29.6 Å². The molecule has 1 amide bonds. The zero-order valence-corrected chi connectivity index (χ0v) is 23.2. The SMILES string of the molecule is Nc1nc2c(c(=O)[nH]1)CC(CCc1ccc(C(=O)NC(CCC(=O)[O-])C(=O)[O-])cc1)CN2.[Na+].[Na+]. The first kappa shape index (κ1) is 30.1. The number of carboxylic acid groups (broad SMARTS) is 2. The minimum absolute atomic E-state index is 0. The van der Waals surface area contributed by atoms with Crippen LogP contribution >= 0.6 is 0 Å². The van der Waals surface area contributed by atoms with E-state index in [0.29, 0.717) is 24.3 Å². The molecule has 0 fully saturated rings. The van der Waals surface area contributed by atoms with Gasteiger partial charge in [-0.2, -0.15) is 4.98 Å². The number of aliphatic carboxylic acids is 2. The fraction of sp³-hybridized carbons (Fsp3) is 0.381. The van der Waals surface area contributed by atoms with Crippen LogP contribution in [-0.4, -0.2) is 40.4 Å². The summed E-state index contributed by atoms with van der Waals surface area (Å²) in [6, 6.07) is 5.25. The maximum atomic E-state index is 12.3. The molecular weight excluding hydrogens is 464 g/mol. The van der Waals surface area contributed by atoms with Crippen molar-refractivity contribution in [2.45, 2.75) is 38.1 Å². The Kier molecular flexibility index (Phi) is 12.3. The number of anilines is 2. The Morgan fingerprint density at radius 3 is 2.47 bits per heavy atom. The number of amides is 1. The Morgan fingerprint density at radius 2 is 1.85 bits per heavy atom. The molecule has 1 aromatic carbocycles. The number of fused-ring (bicyclic) bond motifs is 1. The average molecular weight is 487 g/mol. The van der Waals surface area contributed by atoms with Crippen molar-refractivity contribution < 1.29 is 83.7 Å². The van der Waals surface area contributed by atoms with E-state index >= 15 is 0 Å². The van der Waals surface area contributed by atoms with E-state index in [4.69, 9.17) is 5.73 Å². The van der Waals surface area contributed by atoms with Crippen LogP contribution in [0.2, 0.25) is 0 Å². The third kappa shape index (κ3) is 8.40. The number of aromatic amines is 1. The molecule has 1 aliphatic rings. The van der Waals surface area contributed by atoms with Crippen LogP contribution in [0.4, 0.5) is 11.8 Å². The Morgan fingerprint density at radius 1 is 1.18 bits per heavy atom. The third-order valence-electron chi connectivity index (χ3n) is 5.37. The van der Waals surface area contributed by atoms with Crippen LogP contribution in [-0.2, 0) is 22.4 Å². The number of hydrogen-bond donors (Lipinski definition) is 4. The fourth-order valence-electron chi connectivity index (χ4n) is 3.60. The number of benzene rings is 1.